The molecule has 0 radical (unpaired) electrons. The largest absolute Gasteiger partial charge is 0.350 e. The van der Waals surface area contributed by atoms with Gasteiger partial charge in [-0.05, 0) is 42.5 Å². The van der Waals surface area contributed by atoms with Crippen LogP contribution in [0.1, 0.15) is 10.4 Å². The lowest BCUT2D eigenvalue weighted by molar-refractivity contribution is 0.0951. The van der Waals surface area contributed by atoms with Crippen molar-refractivity contribution in [1.29, 1.82) is 0 Å². The molecule has 7 heteroatoms. The van der Waals surface area contributed by atoms with Crippen molar-refractivity contribution < 1.29 is 9.18 Å². The zero-order valence-corrected chi connectivity index (χ0v) is 14.4. The van der Waals surface area contributed by atoms with Gasteiger partial charge in [-0.2, -0.15) is 5.10 Å². The second-order valence-corrected chi connectivity index (χ2v) is 5.99. The van der Waals surface area contributed by atoms with E-state index in [-0.39, 0.29) is 24.6 Å². The van der Waals surface area contributed by atoms with E-state index in [1.807, 2.05) is 12.1 Å². The predicted octanol–water partition coefficient (Wildman–Crippen LogP) is 3.13. The molecule has 0 bridgehead atoms. The summed E-state index contributed by atoms with van der Waals surface area (Å²) in [5.41, 5.74) is 1.55. The molecule has 1 N–H and O–H groups in total. The molecule has 2 aromatic carbocycles. The van der Waals surface area contributed by atoms with Crippen LogP contribution >= 0.6 is 11.6 Å². The van der Waals surface area contributed by atoms with E-state index in [0.29, 0.717) is 16.3 Å². The van der Waals surface area contributed by atoms with Gasteiger partial charge in [0.2, 0.25) is 0 Å². The Hall–Kier alpha value is -2.99. The first-order valence-corrected chi connectivity index (χ1v) is 8.28. The number of aromatic nitrogens is 2. The standard InChI is InChI=1S/C19H15ClFN3O2/c20-15-5-1-13(2-6-15)17-9-10-18(25)24(23-17)12-11-22-19(26)14-3-7-16(21)8-4-14/h1-10H,11-12H2,(H,22,26). The Bertz CT molecular complexity index is 969. The number of nitrogens with zero attached hydrogens (tertiary/aromatic N) is 2. The van der Waals surface area contributed by atoms with Crippen LogP contribution in [0.4, 0.5) is 4.39 Å². The molecule has 5 nitrogen and oxygen atoms in total. The monoisotopic (exact) mass is 371 g/mol. The molecule has 0 fully saturated rings. The molecule has 0 saturated carbocycles. The molecule has 0 aliphatic rings. The van der Waals surface area contributed by atoms with Crippen molar-refractivity contribution in [3.8, 4) is 11.3 Å². The van der Waals surface area contributed by atoms with Gasteiger partial charge in [0.25, 0.3) is 11.5 Å². The number of rotatable bonds is 5. The summed E-state index contributed by atoms with van der Waals surface area (Å²) >= 11 is 5.88. The van der Waals surface area contributed by atoms with Gasteiger partial charge in [-0.15, -0.1) is 0 Å². The Morgan fingerprint density at radius 3 is 2.42 bits per heavy atom. The van der Waals surface area contributed by atoms with Gasteiger partial charge in [0, 0.05) is 28.8 Å². The lowest BCUT2D eigenvalue weighted by Crippen LogP contribution is -2.31. The van der Waals surface area contributed by atoms with Crippen LogP contribution in [0, 0.1) is 5.82 Å². The molecule has 26 heavy (non-hydrogen) atoms. The molecule has 0 unspecified atom stereocenters. The van der Waals surface area contributed by atoms with Gasteiger partial charge in [-0.1, -0.05) is 23.7 Å². The molecule has 0 atom stereocenters. The fraction of sp³-hybridized carbons (Fsp3) is 0.105. The Balaban J connectivity index is 1.67. The Kier molecular flexibility index (Phi) is 5.43. The zero-order valence-electron chi connectivity index (χ0n) is 13.7. The third-order valence-electron chi connectivity index (χ3n) is 3.72. The van der Waals surface area contributed by atoms with Crippen LogP contribution < -0.4 is 10.9 Å². The van der Waals surface area contributed by atoms with Crippen LogP contribution in [-0.4, -0.2) is 22.2 Å². The van der Waals surface area contributed by atoms with Gasteiger partial charge in [-0.3, -0.25) is 9.59 Å². The molecule has 132 valence electrons. The lowest BCUT2D eigenvalue weighted by atomic mass is 10.1. The van der Waals surface area contributed by atoms with Gasteiger partial charge >= 0.3 is 0 Å². The van der Waals surface area contributed by atoms with Crippen molar-refractivity contribution in [1.82, 2.24) is 15.1 Å². The maximum atomic E-state index is 12.9. The highest BCUT2D eigenvalue weighted by Gasteiger charge is 2.07. The highest BCUT2D eigenvalue weighted by Crippen LogP contribution is 2.18. The fourth-order valence-electron chi connectivity index (χ4n) is 2.36. The van der Waals surface area contributed by atoms with Crippen molar-refractivity contribution in [2.45, 2.75) is 6.54 Å². The second-order valence-electron chi connectivity index (χ2n) is 5.55. The summed E-state index contributed by atoms with van der Waals surface area (Å²) in [6.07, 6.45) is 0. The van der Waals surface area contributed by atoms with Gasteiger partial charge in [-0.25, -0.2) is 9.07 Å². The highest BCUT2D eigenvalue weighted by molar-refractivity contribution is 6.30. The van der Waals surface area contributed by atoms with Crippen molar-refractivity contribution in [2.75, 3.05) is 6.54 Å². The number of benzene rings is 2. The summed E-state index contributed by atoms with van der Waals surface area (Å²) in [7, 11) is 0. The van der Waals surface area contributed by atoms with E-state index in [1.165, 1.54) is 35.0 Å². The van der Waals surface area contributed by atoms with E-state index in [2.05, 4.69) is 10.4 Å². The molecule has 1 amide bonds. The predicted molar refractivity (Wildman–Crippen MR) is 97.7 cm³/mol. The third kappa shape index (κ3) is 4.34. The van der Waals surface area contributed by atoms with E-state index in [9.17, 15) is 14.0 Å². The van der Waals surface area contributed by atoms with Crippen molar-refractivity contribution in [3.63, 3.8) is 0 Å². The van der Waals surface area contributed by atoms with Crippen LogP contribution in [0.5, 0.6) is 0 Å². The quantitative estimate of drug-likeness (QED) is 0.749. The van der Waals surface area contributed by atoms with E-state index >= 15 is 0 Å². The van der Waals surface area contributed by atoms with Crippen LogP contribution in [0.25, 0.3) is 11.3 Å². The normalized spacial score (nSPS) is 10.5. The van der Waals surface area contributed by atoms with Gasteiger partial charge in [0.05, 0.1) is 12.2 Å². The van der Waals surface area contributed by atoms with E-state index in [1.54, 1.807) is 18.2 Å². The van der Waals surface area contributed by atoms with E-state index < -0.39 is 5.82 Å². The van der Waals surface area contributed by atoms with Crippen LogP contribution in [-0.2, 0) is 6.54 Å². The summed E-state index contributed by atoms with van der Waals surface area (Å²) in [6.45, 7) is 0.431. The number of nitrogens with one attached hydrogen (secondary N) is 1. The van der Waals surface area contributed by atoms with Crippen LogP contribution in [0.3, 0.4) is 0 Å². The third-order valence-corrected chi connectivity index (χ3v) is 3.97. The Labute approximate surface area is 154 Å². The molecule has 1 aromatic heterocycles. The summed E-state index contributed by atoms with van der Waals surface area (Å²) < 4.78 is 14.2. The number of carbonyl (C=O) groups excluding carboxylic acids is 1. The van der Waals surface area contributed by atoms with Crippen molar-refractivity contribution in [3.05, 3.63) is 87.4 Å². The maximum Gasteiger partial charge on any atom is 0.266 e. The molecular weight excluding hydrogens is 357 g/mol. The highest BCUT2D eigenvalue weighted by atomic mass is 35.5. The topological polar surface area (TPSA) is 64.0 Å². The van der Waals surface area contributed by atoms with Gasteiger partial charge in [0.1, 0.15) is 5.82 Å². The van der Waals surface area contributed by atoms with Gasteiger partial charge < -0.3 is 5.32 Å². The lowest BCUT2D eigenvalue weighted by Gasteiger charge is -2.09. The minimum absolute atomic E-state index is 0.215. The van der Waals surface area contributed by atoms with E-state index in [4.69, 9.17) is 11.6 Å². The Morgan fingerprint density at radius 1 is 1.04 bits per heavy atom. The zero-order chi connectivity index (χ0) is 18.5. The molecule has 3 aromatic rings. The first-order chi connectivity index (χ1) is 12.5. The maximum absolute atomic E-state index is 12.9. The first-order valence-electron chi connectivity index (χ1n) is 7.91. The number of amides is 1. The minimum Gasteiger partial charge on any atom is -0.350 e. The molecule has 0 spiro atoms. The summed E-state index contributed by atoms with van der Waals surface area (Å²) in [5, 5.41) is 7.61. The average molecular weight is 372 g/mol. The van der Waals surface area contributed by atoms with Crippen LogP contribution in [0.2, 0.25) is 5.02 Å². The van der Waals surface area contributed by atoms with E-state index in [0.717, 1.165) is 5.56 Å². The second kappa shape index (κ2) is 7.93. The molecule has 0 aliphatic carbocycles. The Morgan fingerprint density at radius 2 is 1.73 bits per heavy atom. The summed E-state index contributed by atoms with van der Waals surface area (Å²) in [5.74, 6) is -0.747. The molecule has 0 saturated heterocycles. The minimum atomic E-state index is -0.406. The fourth-order valence-corrected chi connectivity index (χ4v) is 2.49. The van der Waals surface area contributed by atoms with Crippen molar-refractivity contribution >= 4 is 17.5 Å². The smallest absolute Gasteiger partial charge is 0.266 e. The number of halogens is 2. The number of hydrogen-bond donors (Lipinski definition) is 1. The molecule has 1 heterocycles. The number of carbonyl (C=O) groups is 1. The molecule has 0 aliphatic heterocycles. The average Bonchev–Trinajstić information content (AvgIpc) is 2.64. The molecule has 3 rings (SSSR count). The van der Waals surface area contributed by atoms with Crippen molar-refractivity contribution in [2.24, 2.45) is 0 Å². The summed E-state index contributed by atoms with van der Waals surface area (Å²) in [6, 6.07) is 15.4. The SMILES string of the molecule is O=C(NCCn1nc(-c2ccc(Cl)cc2)ccc1=O)c1ccc(F)cc1. The summed E-state index contributed by atoms with van der Waals surface area (Å²) in [4.78, 5) is 24.0. The number of hydrogen-bond acceptors (Lipinski definition) is 3. The van der Waals surface area contributed by atoms with Gasteiger partial charge in [0.15, 0.2) is 0 Å². The first kappa shape index (κ1) is 17.8. The molecular formula is C19H15ClFN3O2. The van der Waals surface area contributed by atoms with Crippen LogP contribution in [0.15, 0.2) is 65.5 Å².